The third kappa shape index (κ3) is 4.98. The Bertz CT molecular complexity index is 1250. The van der Waals surface area contributed by atoms with Gasteiger partial charge < -0.3 is 15.0 Å². The minimum Gasteiger partial charge on any atom is -0.424 e. The number of hydrogen-bond donors (Lipinski definition) is 3. The van der Waals surface area contributed by atoms with E-state index in [9.17, 15) is 4.79 Å². The molecule has 3 N–H and O–H groups in total. The Morgan fingerprint density at radius 2 is 2.03 bits per heavy atom. The van der Waals surface area contributed by atoms with Crippen molar-refractivity contribution in [3.8, 4) is 11.3 Å². The van der Waals surface area contributed by atoms with E-state index in [4.69, 9.17) is 15.6 Å². The number of nitrogens with one attached hydrogen (secondary N) is 3. The van der Waals surface area contributed by atoms with E-state index in [1.165, 1.54) is 0 Å². The van der Waals surface area contributed by atoms with Crippen LogP contribution in [0.2, 0.25) is 0 Å². The molecule has 1 unspecified atom stereocenters. The maximum Gasteiger partial charge on any atom is 0.254 e. The Balaban J connectivity index is 1.47. The van der Waals surface area contributed by atoms with Crippen LogP contribution in [0.15, 0.2) is 42.2 Å². The molecule has 2 aromatic heterocycles. The van der Waals surface area contributed by atoms with Crippen LogP contribution in [0.5, 0.6) is 0 Å². The monoisotopic (exact) mass is 489 g/mol. The SMILES string of the molecule is Cc1csc([C@H]2CCCN2C(=O)c2cc(C(=N)OC(=N)C3CCCN3)cc(-c3cnccn3)c2)n1. The van der Waals surface area contributed by atoms with Gasteiger partial charge in [-0.1, -0.05) is 0 Å². The molecule has 9 nitrogen and oxygen atoms in total. The van der Waals surface area contributed by atoms with Crippen LogP contribution >= 0.6 is 11.3 Å². The lowest BCUT2D eigenvalue weighted by atomic mass is 10.0. The zero-order chi connectivity index (χ0) is 24.4. The summed E-state index contributed by atoms with van der Waals surface area (Å²) in [7, 11) is 0. The highest BCUT2D eigenvalue weighted by atomic mass is 32.1. The highest BCUT2D eigenvalue weighted by Gasteiger charge is 2.33. The van der Waals surface area contributed by atoms with Gasteiger partial charge in [-0.2, -0.15) is 0 Å². The molecule has 5 rings (SSSR count). The first-order chi connectivity index (χ1) is 17.0. The molecule has 1 aromatic carbocycles. The Hall–Kier alpha value is -3.50. The van der Waals surface area contributed by atoms with E-state index < -0.39 is 0 Å². The Morgan fingerprint density at radius 3 is 2.74 bits per heavy atom. The predicted octanol–water partition coefficient (Wildman–Crippen LogP) is 3.96. The number of likely N-dealkylation sites (tertiary alicyclic amines) is 1. The molecule has 0 radical (unpaired) electrons. The molecule has 4 heterocycles. The lowest BCUT2D eigenvalue weighted by Crippen LogP contribution is -2.33. The fraction of sp³-hybridized carbons (Fsp3) is 0.360. The van der Waals surface area contributed by atoms with E-state index in [0.717, 1.165) is 42.9 Å². The van der Waals surface area contributed by atoms with Crippen LogP contribution in [0, 0.1) is 17.7 Å². The summed E-state index contributed by atoms with van der Waals surface area (Å²) in [6.45, 7) is 3.45. The van der Waals surface area contributed by atoms with Gasteiger partial charge in [0.2, 0.25) is 11.8 Å². The molecule has 0 saturated carbocycles. The highest BCUT2D eigenvalue weighted by molar-refractivity contribution is 7.09. The van der Waals surface area contributed by atoms with Crippen LogP contribution in [0.1, 0.15) is 58.3 Å². The van der Waals surface area contributed by atoms with Gasteiger partial charge in [-0.25, -0.2) is 4.98 Å². The molecule has 1 amide bonds. The number of amides is 1. The molecule has 2 fully saturated rings. The minimum atomic E-state index is -0.188. The van der Waals surface area contributed by atoms with Crippen molar-refractivity contribution in [3.05, 3.63) is 64.0 Å². The van der Waals surface area contributed by atoms with Crippen molar-refractivity contribution in [2.45, 2.75) is 44.7 Å². The zero-order valence-electron chi connectivity index (χ0n) is 19.5. The van der Waals surface area contributed by atoms with Crippen molar-refractivity contribution in [2.24, 2.45) is 0 Å². The van der Waals surface area contributed by atoms with Gasteiger partial charge in [-0.3, -0.25) is 25.6 Å². The van der Waals surface area contributed by atoms with Gasteiger partial charge in [0.05, 0.1) is 24.0 Å². The summed E-state index contributed by atoms with van der Waals surface area (Å²) in [6.07, 6.45) is 8.37. The van der Waals surface area contributed by atoms with Gasteiger partial charge in [-0.05, 0) is 57.4 Å². The van der Waals surface area contributed by atoms with Crippen molar-refractivity contribution in [3.63, 3.8) is 0 Å². The van der Waals surface area contributed by atoms with Gasteiger partial charge >= 0.3 is 0 Å². The average Bonchev–Trinajstić information content (AvgIpc) is 3.65. The summed E-state index contributed by atoms with van der Waals surface area (Å²) in [5.41, 5.74) is 3.08. The second kappa shape index (κ2) is 10.0. The van der Waals surface area contributed by atoms with E-state index in [2.05, 4.69) is 20.3 Å². The molecule has 2 saturated heterocycles. The van der Waals surface area contributed by atoms with Crippen LogP contribution in [0.3, 0.4) is 0 Å². The number of aromatic nitrogens is 3. The van der Waals surface area contributed by atoms with Gasteiger partial charge in [0.1, 0.15) is 5.01 Å². The molecule has 0 bridgehead atoms. The maximum absolute atomic E-state index is 13.7. The van der Waals surface area contributed by atoms with Crippen molar-refractivity contribution in [2.75, 3.05) is 13.1 Å². The second-order valence-electron chi connectivity index (χ2n) is 8.82. The van der Waals surface area contributed by atoms with E-state index in [1.807, 2.05) is 17.2 Å². The molecular weight excluding hydrogens is 462 g/mol. The Labute approximate surface area is 207 Å². The summed E-state index contributed by atoms with van der Waals surface area (Å²) in [6, 6.07) is 4.97. The summed E-state index contributed by atoms with van der Waals surface area (Å²) in [5.74, 6) is -0.270. The summed E-state index contributed by atoms with van der Waals surface area (Å²) >= 11 is 1.58. The predicted molar refractivity (Wildman–Crippen MR) is 134 cm³/mol. The molecular formula is C25H27N7O2S. The lowest BCUT2D eigenvalue weighted by Gasteiger charge is -2.24. The fourth-order valence-corrected chi connectivity index (χ4v) is 5.53. The first kappa shape index (κ1) is 23.3. The molecule has 3 aromatic rings. The molecule has 10 heteroatoms. The number of benzene rings is 1. The van der Waals surface area contributed by atoms with Crippen molar-refractivity contribution in [1.82, 2.24) is 25.2 Å². The summed E-state index contributed by atoms with van der Waals surface area (Å²) < 4.78 is 5.60. The molecule has 0 aliphatic carbocycles. The number of rotatable bonds is 5. The van der Waals surface area contributed by atoms with Gasteiger partial charge in [0.25, 0.3) is 5.91 Å². The number of thiazole rings is 1. The van der Waals surface area contributed by atoms with Crippen LogP contribution in [0.4, 0.5) is 0 Å². The van der Waals surface area contributed by atoms with Crippen molar-refractivity contribution >= 4 is 29.0 Å². The standard InChI is InChI=1S/C25H27N7O2S/c1-15-14-35-24(31-15)21-5-3-9-32(21)25(33)18-11-16(20-13-28-7-8-30-20)10-17(12-18)22(26)34-23(27)19-4-2-6-29-19/h7-8,10-14,19,21,26-27,29H,2-6,9H2,1H3/t19?,21-/m1/s1. The molecule has 2 aliphatic heterocycles. The largest absolute Gasteiger partial charge is 0.424 e. The molecule has 2 aliphatic rings. The highest BCUT2D eigenvalue weighted by Crippen LogP contribution is 2.35. The minimum absolute atomic E-state index is 0.0176. The first-order valence-electron chi connectivity index (χ1n) is 11.7. The normalized spacial score (nSPS) is 19.6. The average molecular weight is 490 g/mol. The molecule has 180 valence electrons. The van der Waals surface area contributed by atoms with Crippen LogP contribution in [-0.2, 0) is 4.74 Å². The Morgan fingerprint density at radius 1 is 1.17 bits per heavy atom. The smallest absolute Gasteiger partial charge is 0.254 e. The van der Waals surface area contributed by atoms with E-state index in [0.29, 0.717) is 28.9 Å². The van der Waals surface area contributed by atoms with Crippen LogP contribution < -0.4 is 5.32 Å². The van der Waals surface area contributed by atoms with Gasteiger partial charge in [0, 0.05) is 46.7 Å². The van der Waals surface area contributed by atoms with E-state index in [-0.39, 0.29) is 29.8 Å². The molecule has 0 spiro atoms. The summed E-state index contributed by atoms with van der Waals surface area (Å²) in [5, 5.41) is 23.0. The zero-order valence-corrected chi connectivity index (χ0v) is 20.3. The molecule has 2 atom stereocenters. The number of carbonyl (C=O) groups is 1. The third-order valence-corrected chi connectivity index (χ3v) is 7.39. The third-order valence-electron chi connectivity index (χ3n) is 6.33. The van der Waals surface area contributed by atoms with Gasteiger partial charge in [-0.15, -0.1) is 11.3 Å². The topological polar surface area (TPSA) is 128 Å². The van der Waals surface area contributed by atoms with Crippen molar-refractivity contribution < 1.29 is 9.53 Å². The van der Waals surface area contributed by atoms with Crippen LogP contribution in [0.25, 0.3) is 11.3 Å². The number of hydrogen-bond acceptors (Lipinski definition) is 9. The quantitative estimate of drug-likeness (QED) is 0.368. The van der Waals surface area contributed by atoms with Crippen LogP contribution in [-0.4, -0.2) is 56.7 Å². The summed E-state index contributed by atoms with van der Waals surface area (Å²) in [4.78, 5) is 28.7. The van der Waals surface area contributed by atoms with Gasteiger partial charge in [0.15, 0.2) is 0 Å². The van der Waals surface area contributed by atoms with Crippen molar-refractivity contribution in [1.29, 1.82) is 10.8 Å². The number of carbonyl (C=O) groups excluding carboxylic acids is 1. The van der Waals surface area contributed by atoms with E-state index >= 15 is 0 Å². The lowest BCUT2D eigenvalue weighted by molar-refractivity contribution is 0.0735. The Kier molecular flexibility index (Phi) is 6.65. The molecule has 35 heavy (non-hydrogen) atoms. The number of ether oxygens (including phenoxy) is 1. The number of aryl methyl sites for hydroxylation is 1. The first-order valence-corrected chi connectivity index (χ1v) is 12.6. The van der Waals surface area contributed by atoms with E-state index in [1.54, 1.807) is 48.1 Å². The number of nitrogens with zero attached hydrogens (tertiary/aromatic N) is 4. The fourth-order valence-electron chi connectivity index (χ4n) is 4.58. The second-order valence-corrected chi connectivity index (χ2v) is 9.71. The maximum atomic E-state index is 13.7.